The number of ether oxygens (including phenoxy) is 3. The fourth-order valence-electron chi connectivity index (χ4n) is 3.57. The number of nitrogens with one attached hydrogen (secondary N) is 1. The molecule has 0 aliphatic carbocycles. The Hall–Kier alpha value is -3.84. The molecule has 7 heteroatoms. The highest BCUT2D eigenvalue weighted by Crippen LogP contribution is 2.29. The average Bonchev–Trinajstić information content (AvgIpc) is 2.84. The molecule has 0 saturated carbocycles. The number of nitrogen functional groups attached to an aromatic ring is 1. The molecule has 0 aliphatic heterocycles. The van der Waals surface area contributed by atoms with E-state index in [-0.39, 0.29) is 18.8 Å². The number of carbonyl (C=O) groups is 2. The number of carbonyl (C=O) groups excluding carboxylic acids is 2. The Balaban J connectivity index is 1.92. The van der Waals surface area contributed by atoms with E-state index in [1.54, 1.807) is 32.9 Å². The molecular weight excluding hydrogens is 480 g/mol. The maximum absolute atomic E-state index is 13.5. The first-order chi connectivity index (χ1) is 17.8. The van der Waals surface area contributed by atoms with Gasteiger partial charge in [-0.15, -0.1) is 0 Å². The van der Waals surface area contributed by atoms with Gasteiger partial charge in [0.25, 0.3) is 5.91 Å². The van der Waals surface area contributed by atoms with Gasteiger partial charge in [0.2, 0.25) is 0 Å². The first kappa shape index (κ1) is 28.7. The Morgan fingerprint density at radius 2 is 1.53 bits per heavy atom. The van der Waals surface area contributed by atoms with Crippen LogP contribution in [0.25, 0.3) is 11.1 Å². The van der Waals surface area contributed by atoms with Crippen LogP contribution in [-0.2, 0) is 20.9 Å². The van der Waals surface area contributed by atoms with Gasteiger partial charge in [0, 0.05) is 5.69 Å². The fraction of sp³-hybridized carbons (Fsp3) is 0.355. The zero-order chi connectivity index (χ0) is 27.9. The Morgan fingerprint density at radius 1 is 0.842 bits per heavy atom. The van der Waals surface area contributed by atoms with E-state index >= 15 is 0 Å². The van der Waals surface area contributed by atoms with Crippen LogP contribution in [0.1, 0.15) is 57.5 Å². The molecule has 0 aromatic heterocycles. The molecule has 1 atom stereocenters. The van der Waals surface area contributed by atoms with Crippen molar-refractivity contribution in [3.63, 3.8) is 0 Å². The molecule has 0 aliphatic rings. The minimum absolute atomic E-state index is 0.0360. The van der Waals surface area contributed by atoms with E-state index in [0.29, 0.717) is 11.4 Å². The maximum atomic E-state index is 13.5. The average molecular weight is 519 g/mol. The second kappa shape index (κ2) is 12.1. The van der Waals surface area contributed by atoms with E-state index in [4.69, 9.17) is 19.9 Å². The molecule has 0 bridgehead atoms. The van der Waals surface area contributed by atoms with Crippen molar-refractivity contribution in [1.82, 2.24) is 5.32 Å². The summed E-state index contributed by atoms with van der Waals surface area (Å²) in [5.74, 6) is -0.662. The summed E-state index contributed by atoms with van der Waals surface area (Å²) in [7, 11) is 0. The van der Waals surface area contributed by atoms with Crippen molar-refractivity contribution in [1.29, 1.82) is 0 Å². The van der Waals surface area contributed by atoms with Gasteiger partial charge < -0.3 is 25.3 Å². The van der Waals surface area contributed by atoms with Gasteiger partial charge in [-0.1, -0.05) is 48.5 Å². The zero-order valence-corrected chi connectivity index (χ0v) is 23.0. The Kier molecular flexibility index (Phi) is 9.17. The maximum Gasteiger partial charge on any atom is 0.331 e. The smallest absolute Gasteiger partial charge is 0.331 e. The molecule has 0 unspecified atom stereocenters. The van der Waals surface area contributed by atoms with Gasteiger partial charge in [-0.2, -0.15) is 0 Å². The summed E-state index contributed by atoms with van der Waals surface area (Å²) < 4.78 is 17.5. The molecule has 202 valence electrons. The number of esters is 1. The second-order valence-corrected chi connectivity index (χ2v) is 11.1. The van der Waals surface area contributed by atoms with Crippen molar-refractivity contribution in [2.45, 2.75) is 65.4 Å². The minimum Gasteiger partial charge on any atom is -0.488 e. The largest absolute Gasteiger partial charge is 0.488 e. The predicted molar refractivity (Wildman–Crippen MR) is 150 cm³/mol. The standard InChI is InChI=1S/C31H38N2O5/c1-30(2,3)37-20-26(29(35)38-31(4,5)6)33-28(34)25-16-15-23(22-13-10-14-24(32)17-22)18-27(25)36-19-21-11-8-7-9-12-21/h7-18,26H,19-20,32H2,1-6H3,(H,33,34)/t26-/m0/s1. The second-order valence-electron chi connectivity index (χ2n) is 11.1. The third-order valence-electron chi connectivity index (χ3n) is 5.36. The van der Waals surface area contributed by atoms with E-state index in [1.807, 2.05) is 81.4 Å². The molecule has 0 heterocycles. The molecule has 0 saturated heterocycles. The van der Waals surface area contributed by atoms with E-state index in [0.717, 1.165) is 16.7 Å². The summed E-state index contributed by atoms with van der Waals surface area (Å²) in [4.78, 5) is 26.5. The summed E-state index contributed by atoms with van der Waals surface area (Å²) in [6.45, 7) is 11.2. The number of amides is 1. The number of rotatable bonds is 9. The zero-order valence-electron chi connectivity index (χ0n) is 23.0. The van der Waals surface area contributed by atoms with E-state index < -0.39 is 29.1 Å². The summed E-state index contributed by atoms with van der Waals surface area (Å²) in [5.41, 5.74) is 8.38. The lowest BCUT2D eigenvalue weighted by Gasteiger charge is -2.27. The first-order valence-corrected chi connectivity index (χ1v) is 12.7. The molecule has 3 aromatic carbocycles. The lowest BCUT2D eigenvalue weighted by molar-refractivity contribution is -0.160. The SMILES string of the molecule is CC(C)(C)OC[C@H](NC(=O)c1ccc(-c2cccc(N)c2)cc1OCc1ccccc1)C(=O)OC(C)(C)C. The topological polar surface area (TPSA) is 99.9 Å². The number of hydrogen-bond donors (Lipinski definition) is 2. The molecule has 3 aromatic rings. The first-order valence-electron chi connectivity index (χ1n) is 12.7. The van der Waals surface area contributed by atoms with Crippen LogP contribution in [0.15, 0.2) is 72.8 Å². The summed E-state index contributed by atoms with van der Waals surface area (Å²) in [5, 5.41) is 2.80. The van der Waals surface area contributed by atoms with Crippen LogP contribution in [0, 0.1) is 0 Å². The summed E-state index contributed by atoms with van der Waals surface area (Å²) >= 11 is 0. The van der Waals surface area contributed by atoms with Crippen molar-refractivity contribution in [2.24, 2.45) is 0 Å². The van der Waals surface area contributed by atoms with Crippen molar-refractivity contribution in [3.05, 3.63) is 83.9 Å². The highest BCUT2D eigenvalue weighted by atomic mass is 16.6. The van der Waals surface area contributed by atoms with Crippen LogP contribution in [0.3, 0.4) is 0 Å². The monoisotopic (exact) mass is 518 g/mol. The predicted octanol–water partition coefficient (Wildman–Crippen LogP) is 5.77. The minimum atomic E-state index is -1.00. The van der Waals surface area contributed by atoms with Crippen LogP contribution in [0.2, 0.25) is 0 Å². The van der Waals surface area contributed by atoms with Crippen LogP contribution < -0.4 is 15.8 Å². The van der Waals surface area contributed by atoms with Crippen LogP contribution in [0.5, 0.6) is 5.75 Å². The summed E-state index contributed by atoms with van der Waals surface area (Å²) in [6.07, 6.45) is 0. The Morgan fingerprint density at radius 3 is 2.16 bits per heavy atom. The molecule has 0 spiro atoms. The normalized spacial score (nSPS) is 12.5. The molecule has 7 nitrogen and oxygen atoms in total. The van der Waals surface area contributed by atoms with Crippen LogP contribution >= 0.6 is 0 Å². The van der Waals surface area contributed by atoms with E-state index in [1.165, 1.54) is 0 Å². The highest BCUT2D eigenvalue weighted by Gasteiger charge is 2.30. The number of hydrogen-bond acceptors (Lipinski definition) is 6. The number of anilines is 1. The van der Waals surface area contributed by atoms with Gasteiger partial charge in [0.1, 0.15) is 18.0 Å². The molecule has 1 amide bonds. The Bertz CT molecular complexity index is 1240. The summed E-state index contributed by atoms with van der Waals surface area (Å²) in [6, 6.07) is 21.5. The van der Waals surface area contributed by atoms with Gasteiger partial charge in [0.15, 0.2) is 6.04 Å². The molecule has 0 fully saturated rings. The molecular formula is C31H38N2O5. The van der Waals surface area contributed by atoms with Gasteiger partial charge >= 0.3 is 5.97 Å². The lowest BCUT2D eigenvalue weighted by atomic mass is 10.0. The molecule has 0 radical (unpaired) electrons. The molecule has 3 rings (SSSR count). The lowest BCUT2D eigenvalue weighted by Crippen LogP contribution is -2.48. The quantitative estimate of drug-likeness (QED) is 0.276. The van der Waals surface area contributed by atoms with Crippen molar-refractivity contribution < 1.29 is 23.8 Å². The van der Waals surface area contributed by atoms with Crippen molar-refractivity contribution in [3.8, 4) is 16.9 Å². The Labute approximate surface area is 225 Å². The fourth-order valence-corrected chi connectivity index (χ4v) is 3.57. The van der Waals surface area contributed by atoms with Crippen LogP contribution in [0.4, 0.5) is 5.69 Å². The van der Waals surface area contributed by atoms with Gasteiger partial charge in [0.05, 0.1) is 17.8 Å². The highest BCUT2D eigenvalue weighted by molar-refractivity contribution is 5.99. The number of benzene rings is 3. The third-order valence-corrected chi connectivity index (χ3v) is 5.36. The van der Waals surface area contributed by atoms with Crippen molar-refractivity contribution in [2.75, 3.05) is 12.3 Å². The van der Waals surface area contributed by atoms with Gasteiger partial charge in [-0.25, -0.2) is 4.79 Å². The van der Waals surface area contributed by atoms with Gasteiger partial charge in [-0.3, -0.25) is 4.79 Å². The van der Waals surface area contributed by atoms with Crippen LogP contribution in [-0.4, -0.2) is 35.7 Å². The molecule has 3 N–H and O–H groups in total. The third kappa shape index (κ3) is 8.92. The number of nitrogens with two attached hydrogens (primary N) is 1. The van der Waals surface area contributed by atoms with E-state index in [9.17, 15) is 9.59 Å². The molecule has 38 heavy (non-hydrogen) atoms. The van der Waals surface area contributed by atoms with Gasteiger partial charge in [-0.05, 0) is 82.5 Å². The van der Waals surface area contributed by atoms with E-state index in [2.05, 4.69) is 5.32 Å². The van der Waals surface area contributed by atoms with Crippen molar-refractivity contribution >= 4 is 17.6 Å².